The first-order valence-corrected chi connectivity index (χ1v) is 6.84. The third-order valence-corrected chi connectivity index (χ3v) is 3.64. The molecule has 3 aromatic rings. The number of hydrogen-bond acceptors (Lipinski definition) is 5. The van der Waals surface area contributed by atoms with Crippen molar-refractivity contribution in [2.45, 2.75) is 19.4 Å². The van der Waals surface area contributed by atoms with E-state index in [2.05, 4.69) is 32.6 Å². The van der Waals surface area contributed by atoms with Crippen LogP contribution in [0, 0.1) is 6.92 Å². The third-order valence-electron chi connectivity index (χ3n) is 3.64. The van der Waals surface area contributed by atoms with E-state index >= 15 is 0 Å². The van der Waals surface area contributed by atoms with Gasteiger partial charge >= 0.3 is 0 Å². The molecule has 108 valence electrons. The van der Waals surface area contributed by atoms with Gasteiger partial charge in [-0.3, -0.25) is 20.9 Å². The number of pyridine rings is 1. The van der Waals surface area contributed by atoms with Gasteiger partial charge in [0.15, 0.2) is 0 Å². The van der Waals surface area contributed by atoms with Crippen LogP contribution in [0.3, 0.4) is 0 Å². The van der Waals surface area contributed by atoms with Crippen molar-refractivity contribution in [1.82, 2.24) is 25.2 Å². The Bertz CT molecular complexity index is 764. The van der Waals surface area contributed by atoms with Gasteiger partial charge in [-0.05, 0) is 24.6 Å². The average molecular weight is 282 g/mol. The standard InChI is InChI=1S/C15H18N6/c1-10-7-12(11-5-3-4-6-13(11)19-10)14(20-16)8-15-17-9-18-21(15)2/h3-7,9,14,20H,8,16H2,1-2H3. The minimum absolute atomic E-state index is 0.0421. The van der Waals surface area contributed by atoms with Gasteiger partial charge in [-0.1, -0.05) is 18.2 Å². The van der Waals surface area contributed by atoms with Crippen LogP contribution in [0.5, 0.6) is 0 Å². The van der Waals surface area contributed by atoms with Crippen LogP contribution < -0.4 is 11.3 Å². The van der Waals surface area contributed by atoms with E-state index in [4.69, 9.17) is 5.84 Å². The summed E-state index contributed by atoms with van der Waals surface area (Å²) in [6, 6.07) is 10.1. The van der Waals surface area contributed by atoms with E-state index in [0.29, 0.717) is 6.42 Å². The van der Waals surface area contributed by atoms with E-state index in [1.165, 1.54) is 0 Å². The minimum atomic E-state index is -0.0421. The molecule has 1 atom stereocenters. The van der Waals surface area contributed by atoms with Crippen LogP contribution in [0.2, 0.25) is 0 Å². The van der Waals surface area contributed by atoms with Crippen molar-refractivity contribution >= 4 is 10.9 Å². The molecule has 0 aliphatic rings. The number of para-hydroxylation sites is 1. The summed E-state index contributed by atoms with van der Waals surface area (Å²) in [5.74, 6) is 6.67. The quantitative estimate of drug-likeness (QED) is 0.558. The van der Waals surface area contributed by atoms with Crippen molar-refractivity contribution in [2.75, 3.05) is 0 Å². The summed E-state index contributed by atoms with van der Waals surface area (Å²) in [5.41, 5.74) is 5.97. The number of fused-ring (bicyclic) bond motifs is 1. The number of nitrogens with one attached hydrogen (secondary N) is 1. The van der Waals surface area contributed by atoms with Crippen LogP contribution in [0.1, 0.15) is 23.1 Å². The highest BCUT2D eigenvalue weighted by molar-refractivity contribution is 5.82. The van der Waals surface area contributed by atoms with Crippen molar-refractivity contribution < 1.29 is 0 Å². The van der Waals surface area contributed by atoms with E-state index in [-0.39, 0.29) is 6.04 Å². The predicted octanol–water partition coefficient (Wildman–Crippen LogP) is 1.42. The molecule has 0 aliphatic carbocycles. The molecule has 0 bridgehead atoms. The van der Waals surface area contributed by atoms with E-state index in [9.17, 15) is 0 Å². The van der Waals surface area contributed by atoms with Gasteiger partial charge in [0, 0.05) is 24.5 Å². The van der Waals surface area contributed by atoms with Gasteiger partial charge in [-0.25, -0.2) is 4.98 Å². The fraction of sp³-hybridized carbons (Fsp3) is 0.267. The van der Waals surface area contributed by atoms with Gasteiger partial charge in [0.25, 0.3) is 0 Å². The second kappa shape index (κ2) is 5.59. The lowest BCUT2D eigenvalue weighted by Crippen LogP contribution is -2.30. The topological polar surface area (TPSA) is 81.7 Å². The maximum absolute atomic E-state index is 5.78. The molecule has 0 saturated heterocycles. The van der Waals surface area contributed by atoms with Crippen LogP contribution in [-0.2, 0) is 13.5 Å². The Kier molecular flexibility index (Phi) is 3.64. The van der Waals surface area contributed by atoms with Gasteiger partial charge in [-0.2, -0.15) is 5.10 Å². The lowest BCUT2D eigenvalue weighted by molar-refractivity contribution is 0.525. The summed E-state index contributed by atoms with van der Waals surface area (Å²) in [4.78, 5) is 8.84. The van der Waals surface area contributed by atoms with Crippen LogP contribution in [0.15, 0.2) is 36.7 Å². The Morgan fingerprint density at radius 2 is 2.14 bits per heavy atom. The second-order valence-corrected chi connectivity index (χ2v) is 5.09. The van der Waals surface area contributed by atoms with Gasteiger partial charge < -0.3 is 0 Å². The summed E-state index contributed by atoms with van der Waals surface area (Å²) in [7, 11) is 1.88. The van der Waals surface area contributed by atoms with Gasteiger partial charge in [0.05, 0.1) is 11.6 Å². The Balaban J connectivity index is 2.06. The van der Waals surface area contributed by atoms with E-state index in [1.807, 2.05) is 32.2 Å². The highest BCUT2D eigenvalue weighted by Crippen LogP contribution is 2.25. The maximum Gasteiger partial charge on any atom is 0.138 e. The SMILES string of the molecule is Cc1cc(C(Cc2ncnn2C)NN)c2ccccc2n1. The molecule has 6 heteroatoms. The van der Waals surface area contributed by atoms with Gasteiger partial charge in [0.2, 0.25) is 0 Å². The number of aromatic nitrogens is 4. The van der Waals surface area contributed by atoms with Crippen molar-refractivity contribution in [1.29, 1.82) is 0 Å². The van der Waals surface area contributed by atoms with Crippen molar-refractivity contribution in [2.24, 2.45) is 12.9 Å². The number of nitrogens with zero attached hydrogens (tertiary/aromatic N) is 4. The Labute approximate surface area is 123 Å². The first-order chi connectivity index (χ1) is 10.2. The number of hydrogen-bond donors (Lipinski definition) is 2. The number of hydrazine groups is 1. The molecule has 0 aliphatic heterocycles. The van der Waals surface area contributed by atoms with Crippen molar-refractivity contribution in [3.8, 4) is 0 Å². The molecular formula is C15H18N6. The molecule has 21 heavy (non-hydrogen) atoms. The number of benzene rings is 1. The molecule has 1 aromatic carbocycles. The van der Waals surface area contributed by atoms with Gasteiger partial charge in [-0.15, -0.1) is 0 Å². The molecule has 0 spiro atoms. The number of nitrogens with two attached hydrogens (primary N) is 1. The average Bonchev–Trinajstić information content (AvgIpc) is 2.89. The summed E-state index contributed by atoms with van der Waals surface area (Å²) in [6.45, 7) is 1.99. The Morgan fingerprint density at radius 3 is 2.86 bits per heavy atom. The highest BCUT2D eigenvalue weighted by atomic mass is 15.3. The van der Waals surface area contributed by atoms with Crippen LogP contribution in [0.25, 0.3) is 10.9 Å². The summed E-state index contributed by atoms with van der Waals surface area (Å²) in [6.07, 6.45) is 2.22. The zero-order valence-electron chi connectivity index (χ0n) is 12.1. The molecule has 2 aromatic heterocycles. The molecule has 0 amide bonds. The molecule has 6 nitrogen and oxygen atoms in total. The Morgan fingerprint density at radius 1 is 1.33 bits per heavy atom. The molecule has 0 radical (unpaired) electrons. The third kappa shape index (κ3) is 2.63. The first-order valence-electron chi connectivity index (χ1n) is 6.84. The largest absolute Gasteiger partial charge is 0.271 e. The predicted molar refractivity (Wildman–Crippen MR) is 81.3 cm³/mol. The minimum Gasteiger partial charge on any atom is -0.271 e. The molecule has 3 N–H and O–H groups in total. The van der Waals surface area contributed by atoms with E-state index in [1.54, 1.807) is 11.0 Å². The molecular weight excluding hydrogens is 264 g/mol. The van der Waals surface area contributed by atoms with Crippen LogP contribution >= 0.6 is 0 Å². The lowest BCUT2D eigenvalue weighted by Gasteiger charge is -2.18. The molecule has 1 unspecified atom stereocenters. The van der Waals surface area contributed by atoms with Crippen LogP contribution in [0.4, 0.5) is 0 Å². The van der Waals surface area contributed by atoms with Crippen molar-refractivity contribution in [3.05, 3.63) is 53.7 Å². The summed E-state index contributed by atoms with van der Waals surface area (Å²) >= 11 is 0. The molecule has 2 heterocycles. The van der Waals surface area contributed by atoms with Crippen LogP contribution in [-0.4, -0.2) is 19.7 Å². The monoisotopic (exact) mass is 282 g/mol. The molecule has 3 rings (SSSR count). The zero-order chi connectivity index (χ0) is 14.8. The maximum atomic E-state index is 5.78. The smallest absolute Gasteiger partial charge is 0.138 e. The number of aryl methyl sites for hydroxylation is 2. The Hall–Kier alpha value is -2.31. The van der Waals surface area contributed by atoms with Crippen molar-refractivity contribution in [3.63, 3.8) is 0 Å². The fourth-order valence-corrected chi connectivity index (χ4v) is 2.57. The van der Waals surface area contributed by atoms with E-state index < -0.39 is 0 Å². The van der Waals surface area contributed by atoms with Gasteiger partial charge in [0.1, 0.15) is 12.2 Å². The zero-order valence-corrected chi connectivity index (χ0v) is 12.1. The second-order valence-electron chi connectivity index (χ2n) is 5.09. The van der Waals surface area contributed by atoms with E-state index in [0.717, 1.165) is 28.0 Å². The lowest BCUT2D eigenvalue weighted by atomic mass is 9.98. The summed E-state index contributed by atoms with van der Waals surface area (Å²) in [5, 5.41) is 5.21. The number of rotatable bonds is 4. The first kappa shape index (κ1) is 13.7. The molecule has 0 saturated carbocycles. The normalized spacial score (nSPS) is 12.7. The highest BCUT2D eigenvalue weighted by Gasteiger charge is 2.17. The fourth-order valence-electron chi connectivity index (χ4n) is 2.57. The summed E-state index contributed by atoms with van der Waals surface area (Å²) < 4.78 is 1.76. The molecule has 0 fully saturated rings.